The number of para-hydroxylation sites is 1. The number of piperidine rings is 3. The van der Waals surface area contributed by atoms with Gasteiger partial charge in [0.15, 0.2) is 23.6 Å². The summed E-state index contributed by atoms with van der Waals surface area (Å²) in [6.45, 7) is 3.85. The number of carbonyl (C=O) groups is 1. The summed E-state index contributed by atoms with van der Waals surface area (Å²) in [5.74, 6) is -3.85. The zero-order valence-corrected chi connectivity index (χ0v) is 21.5. The Hall–Kier alpha value is -3.59. The fourth-order valence-electron chi connectivity index (χ4n) is 5.76. The Morgan fingerprint density at radius 3 is 2.33 bits per heavy atom. The van der Waals surface area contributed by atoms with E-state index < -0.39 is 29.4 Å². The third kappa shape index (κ3) is 6.36. The van der Waals surface area contributed by atoms with Gasteiger partial charge in [0.2, 0.25) is 0 Å². The summed E-state index contributed by atoms with van der Waals surface area (Å²) < 4.78 is 68.0. The van der Waals surface area contributed by atoms with Crippen molar-refractivity contribution in [2.75, 3.05) is 37.7 Å². The first-order valence-corrected chi connectivity index (χ1v) is 13.2. The number of benzene rings is 3. The lowest BCUT2D eigenvalue weighted by Crippen LogP contribution is -2.65. The van der Waals surface area contributed by atoms with Crippen molar-refractivity contribution in [1.29, 1.82) is 0 Å². The molecular weight excluding hydrogens is 512 g/mol. The first-order chi connectivity index (χ1) is 18.8. The lowest BCUT2D eigenvalue weighted by molar-refractivity contribution is -0.946. The van der Waals surface area contributed by atoms with E-state index in [-0.39, 0.29) is 29.8 Å². The quantitative estimate of drug-likeness (QED) is 0.135. The summed E-state index contributed by atoms with van der Waals surface area (Å²) in [6.07, 6.45) is 1.62. The molecule has 3 aliphatic heterocycles. The summed E-state index contributed by atoms with van der Waals surface area (Å²) in [4.78, 5) is 14.6. The zero-order valence-electron chi connectivity index (χ0n) is 21.5. The summed E-state index contributed by atoms with van der Waals surface area (Å²) in [5.41, 5.74) is 0.191. The standard InChI is InChI=1S/C30H31F4N2O3/c31-23-6-4-7-24(18-23)35(19-21-16-26(32)29(34)27(33)17-21)30(37)39-28-20-36(13-10-22(28)11-14-36)12-5-15-38-25-8-2-1-3-9-25/h1-4,6-9,16-18,22,28H,5,10-15,19-20H2/q+1/t22?,28-,36?/m0/s1. The van der Waals surface area contributed by atoms with Crippen molar-refractivity contribution < 1.29 is 36.3 Å². The van der Waals surface area contributed by atoms with Crippen LogP contribution in [0.15, 0.2) is 66.7 Å². The Labute approximate surface area is 225 Å². The maximum absolute atomic E-state index is 14.0. The smallest absolute Gasteiger partial charge is 0.415 e. The van der Waals surface area contributed by atoms with Gasteiger partial charge in [0.25, 0.3) is 0 Å². The normalized spacial score (nSPS) is 21.9. The van der Waals surface area contributed by atoms with Gasteiger partial charge in [-0.1, -0.05) is 24.3 Å². The molecule has 206 valence electrons. The van der Waals surface area contributed by atoms with E-state index >= 15 is 0 Å². The Morgan fingerprint density at radius 2 is 1.64 bits per heavy atom. The van der Waals surface area contributed by atoms with Crippen LogP contribution in [0.25, 0.3) is 0 Å². The number of ether oxygens (including phenoxy) is 2. The van der Waals surface area contributed by atoms with Crippen LogP contribution in [-0.2, 0) is 11.3 Å². The maximum Gasteiger partial charge on any atom is 0.415 e. The minimum atomic E-state index is -1.59. The first kappa shape index (κ1) is 27.0. The molecule has 6 rings (SSSR count). The first-order valence-electron chi connectivity index (χ1n) is 13.2. The number of anilines is 1. The number of amides is 1. The monoisotopic (exact) mass is 543 g/mol. The van der Waals surface area contributed by atoms with Crippen LogP contribution in [-0.4, -0.2) is 49.5 Å². The van der Waals surface area contributed by atoms with Crippen molar-refractivity contribution in [3.63, 3.8) is 0 Å². The van der Waals surface area contributed by atoms with E-state index in [4.69, 9.17) is 9.47 Å². The van der Waals surface area contributed by atoms with Crippen LogP contribution in [0.4, 0.5) is 28.0 Å². The van der Waals surface area contributed by atoms with Crippen molar-refractivity contribution in [2.24, 2.45) is 5.92 Å². The fourth-order valence-corrected chi connectivity index (χ4v) is 5.76. The highest BCUT2D eigenvalue weighted by molar-refractivity contribution is 5.87. The molecule has 3 aromatic carbocycles. The largest absolute Gasteiger partial charge is 0.493 e. The van der Waals surface area contributed by atoms with E-state index in [1.807, 2.05) is 30.3 Å². The summed E-state index contributed by atoms with van der Waals surface area (Å²) >= 11 is 0. The average molecular weight is 544 g/mol. The predicted molar refractivity (Wildman–Crippen MR) is 138 cm³/mol. The predicted octanol–water partition coefficient (Wildman–Crippen LogP) is 6.46. The van der Waals surface area contributed by atoms with Gasteiger partial charge in [-0.3, -0.25) is 4.90 Å². The van der Waals surface area contributed by atoms with Crippen LogP contribution in [0.2, 0.25) is 0 Å². The van der Waals surface area contributed by atoms with Gasteiger partial charge in [0.05, 0.1) is 38.5 Å². The van der Waals surface area contributed by atoms with E-state index in [2.05, 4.69) is 0 Å². The van der Waals surface area contributed by atoms with Gasteiger partial charge in [-0.2, -0.15) is 0 Å². The molecule has 3 heterocycles. The van der Waals surface area contributed by atoms with Crippen LogP contribution >= 0.6 is 0 Å². The molecule has 0 spiro atoms. The molecule has 2 bridgehead atoms. The molecule has 5 nitrogen and oxygen atoms in total. The number of quaternary nitrogens is 1. The third-order valence-corrected chi connectivity index (χ3v) is 7.81. The van der Waals surface area contributed by atoms with Crippen molar-refractivity contribution >= 4 is 11.8 Å². The number of carbonyl (C=O) groups excluding carboxylic acids is 1. The highest BCUT2D eigenvalue weighted by Gasteiger charge is 2.47. The number of halogens is 4. The SMILES string of the molecule is O=C(O[C@H]1C[N+]2(CCCOc3ccccc3)CCC1CC2)N(Cc1cc(F)c(F)c(F)c1)c1cccc(F)c1. The second-order valence-electron chi connectivity index (χ2n) is 10.4. The van der Waals surface area contributed by atoms with Crippen LogP contribution in [0, 0.1) is 29.2 Å². The Balaban J connectivity index is 1.27. The minimum absolute atomic E-state index is 0.0171. The molecule has 1 amide bonds. The maximum atomic E-state index is 14.0. The van der Waals surface area contributed by atoms with Gasteiger partial charge in [0.1, 0.15) is 18.1 Å². The summed E-state index contributed by atoms with van der Waals surface area (Å²) in [5, 5.41) is 0. The Bertz CT molecular complexity index is 1280. The fraction of sp³-hybridized carbons (Fsp3) is 0.367. The highest BCUT2D eigenvalue weighted by Crippen LogP contribution is 2.36. The molecule has 3 aliphatic rings. The number of nitrogens with zero attached hydrogens (tertiary/aromatic N) is 2. The van der Waals surface area contributed by atoms with Crippen LogP contribution in [0.5, 0.6) is 5.75 Å². The number of hydrogen-bond donors (Lipinski definition) is 0. The molecule has 0 aromatic heterocycles. The molecule has 39 heavy (non-hydrogen) atoms. The Kier molecular flexibility index (Phi) is 8.07. The molecule has 3 fully saturated rings. The molecule has 3 aromatic rings. The molecule has 3 saturated heterocycles. The second-order valence-corrected chi connectivity index (χ2v) is 10.4. The van der Waals surface area contributed by atoms with Crippen molar-refractivity contribution in [3.05, 3.63) is 95.6 Å². The van der Waals surface area contributed by atoms with Gasteiger partial charge >= 0.3 is 6.09 Å². The summed E-state index contributed by atoms with van der Waals surface area (Å²) in [6, 6.07) is 16.6. The van der Waals surface area contributed by atoms with Gasteiger partial charge < -0.3 is 14.0 Å². The van der Waals surface area contributed by atoms with Crippen LogP contribution in [0.3, 0.4) is 0 Å². The van der Waals surface area contributed by atoms with Crippen LogP contribution in [0.1, 0.15) is 24.8 Å². The van der Waals surface area contributed by atoms with Crippen molar-refractivity contribution in [3.8, 4) is 5.75 Å². The number of hydrogen-bond acceptors (Lipinski definition) is 3. The van der Waals surface area contributed by atoms with E-state index in [9.17, 15) is 22.4 Å². The molecule has 0 unspecified atom stereocenters. The molecule has 0 N–H and O–H groups in total. The van der Waals surface area contributed by atoms with Gasteiger partial charge in [-0.25, -0.2) is 22.4 Å². The molecule has 1 atom stereocenters. The molecular formula is C30H31F4N2O3+. The zero-order chi connectivity index (χ0) is 27.4. The van der Waals surface area contributed by atoms with Crippen molar-refractivity contribution in [2.45, 2.75) is 31.9 Å². The number of fused-ring (bicyclic) bond motifs is 3. The van der Waals surface area contributed by atoms with E-state index in [1.165, 1.54) is 18.2 Å². The van der Waals surface area contributed by atoms with Crippen molar-refractivity contribution in [1.82, 2.24) is 0 Å². The molecule has 9 heteroatoms. The lowest BCUT2D eigenvalue weighted by Gasteiger charge is -2.52. The van der Waals surface area contributed by atoms with Gasteiger partial charge in [0, 0.05) is 25.2 Å². The molecule has 0 saturated carbocycles. The van der Waals surface area contributed by atoms with Gasteiger partial charge in [-0.05, 0) is 48.0 Å². The highest BCUT2D eigenvalue weighted by atomic mass is 19.2. The van der Waals surface area contributed by atoms with E-state index in [1.54, 1.807) is 0 Å². The topological polar surface area (TPSA) is 38.8 Å². The van der Waals surface area contributed by atoms with Crippen LogP contribution < -0.4 is 9.64 Å². The summed E-state index contributed by atoms with van der Waals surface area (Å²) in [7, 11) is 0. The average Bonchev–Trinajstić information content (AvgIpc) is 2.94. The Morgan fingerprint density at radius 1 is 0.923 bits per heavy atom. The third-order valence-electron chi connectivity index (χ3n) is 7.81. The molecule has 0 radical (unpaired) electrons. The van der Waals surface area contributed by atoms with Gasteiger partial charge in [-0.15, -0.1) is 0 Å². The van der Waals surface area contributed by atoms with E-state index in [0.717, 1.165) is 72.2 Å². The lowest BCUT2D eigenvalue weighted by atomic mass is 9.83. The number of rotatable bonds is 9. The van der Waals surface area contributed by atoms with E-state index in [0.29, 0.717) is 13.2 Å². The minimum Gasteiger partial charge on any atom is -0.493 e. The second kappa shape index (κ2) is 11.7. The molecule has 0 aliphatic carbocycles.